The van der Waals surface area contributed by atoms with Crippen molar-refractivity contribution in [1.82, 2.24) is 10.6 Å². The maximum atomic E-state index is 11.6. The molecule has 1 aromatic rings. The molecule has 0 aliphatic carbocycles. The van der Waals surface area contributed by atoms with E-state index in [9.17, 15) is 4.79 Å². The quantitative estimate of drug-likeness (QED) is 0.673. The van der Waals surface area contributed by atoms with E-state index >= 15 is 0 Å². The van der Waals surface area contributed by atoms with Gasteiger partial charge in [0.2, 0.25) is 5.91 Å². The molecule has 0 saturated heterocycles. The van der Waals surface area contributed by atoms with E-state index in [-0.39, 0.29) is 18.3 Å². The first-order valence-electron chi connectivity index (χ1n) is 7.42. The second kappa shape index (κ2) is 11.6. The zero-order valence-corrected chi connectivity index (χ0v) is 15.0. The van der Waals surface area contributed by atoms with Crippen molar-refractivity contribution in [2.75, 3.05) is 19.7 Å². The third-order valence-electron chi connectivity index (χ3n) is 3.10. The number of likely N-dealkylation sites (N-methyl/N-ethyl adjacent to an activating group) is 1. The zero-order chi connectivity index (χ0) is 15.7. The van der Waals surface area contributed by atoms with E-state index in [1.54, 1.807) is 0 Å². The first-order chi connectivity index (χ1) is 10.0. The summed E-state index contributed by atoms with van der Waals surface area (Å²) in [6.07, 6.45) is 1.18. The van der Waals surface area contributed by atoms with Crippen molar-refractivity contribution in [2.45, 2.75) is 39.7 Å². The van der Waals surface area contributed by atoms with E-state index < -0.39 is 0 Å². The van der Waals surface area contributed by atoms with Gasteiger partial charge in [-0.3, -0.25) is 4.79 Å². The van der Waals surface area contributed by atoms with Gasteiger partial charge in [-0.2, -0.15) is 0 Å². The van der Waals surface area contributed by atoms with Crippen LogP contribution in [0.4, 0.5) is 0 Å². The Morgan fingerprint density at radius 3 is 2.77 bits per heavy atom. The minimum absolute atomic E-state index is 0. The fourth-order valence-electron chi connectivity index (χ4n) is 1.91. The minimum Gasteiger partial charge on any atom is -0.494 e. The smallest absolute Gasteiger partial charge is 0.220 e. The van der Waals surface area contributed by atoms with Crippen LogP contribution in [0.15, 0.2) is 18.2 Å². The molecule has 0 saturated carbocycles. The van der Waals surface area contributed by atoms with Gasteiger partial charge in [-0.25, -0.2) is 0 Å². The van der Waals surface area contributed by atoms with E-state index in [1.807, 2.05) is 32.0 Å². The number of carbonyl (C=O) groups is 1. The lowest BCUT2D eigenvalue weighted by Crippen LogP contribution is -2.38. The number of carbonyl (C=O) groups excluding carboxylic acids is 1. The molecule has 6 heteroatoms. The molecule has 1 atom stereocenters. The van der Waals surface area contributed by atoms with Crippen LogP contribution in [-0.4, -0.2) is 31.6 Å². The third kappa shape index (κ3) is 8.47. The van der Waals surface area contributed by atoms with Gasteiger partial charge in [0.25, 0.3) is 0 Å². The fourth-order valence-corrected chi connectivity index (χ4v) is 2.02. The van der Waals surface area contributed by atoms with Gasteiger partial charge in [-0.15, -0.1) is 12.4 Å². The second-order valence-electron chi connectivity index (χ2n) is 5.13. The lowest BCUT2D eigenvalue weighted by Gasteiger charge is -2.13. The summed E-state index contributed by atoms with van der Waals surface area (Å²) in [6, 6.07) is 5.86. The topological polar surface area (TPSA) is 50.4 Å². The predicted molar refractivity (Wildman–Crippen MR) is 94.3 cm³/mol. The monoisotopic (exact) mass is 348 g/mol. The third-order valence-corrected chi connectivity index (χ3v) is 3.53. The molecule has 1 aromatic carbocycles. The number of amides is 1. The largest absolute Gasteiger partial charge is 0.494 e. The molecule has 0 spiro atoms. The Hall–Kier alpha value is -0.970. The summed E-state index contributed by atoms with van der Waals surface area (Å²) in [5, 5.41) is 6.89. The average Bonchev–Trinajstić information content (AvgIpc) is 2.45. The van der Waals surface area contributed by atoms with Crippen LogP contribution in [0.2, 0.25) is 5.02 Å². The maximum Gasteiger partial charge on any atom is 0.220 e. The molecule has 0 aliphatic rings. The Morgan fingerprint density at radius 1 is 1.41 bits per heavy atom. The van der Waals surface area contributed by atoms with Crippen LogP contribution in [0.3, 0.4) is 0 Å². The molecular weight excluding hydrogens is 323 g/mol. The maximum absolute atomic E-state index is 11.6. The highest BCUT2D eigenvalue weighted by atomic mass is 35.5. The van der Waals surface area contributed by atoms with Crippen LogP contribution in [0.1, 0.15) is 32.3 Å². The van der Waals surface area contributed by atoms with Crippen LogP contribution in [0, 0.1) is 6.92 Å². The Morgan fingerprint density at radius 2 is 2.14 bits per heavy atom. The SMILES string of the molecule is CCN[C@H](C)CNC(=O)CCCOc1ccc(Cl)c(C)c1.Cl. The molecule has 4 nitrogen and oxygen atoms in total. The number of rotatable bonds is 9. The van der Waals surface area contributed by atoms with Crippen LogP contribution in [0.25, 0.3) is 0 Å². The highest BCUT2D eigenvalue weighted by molar-refractivity contribution is 6.31. The van der Waals surface area contributed by atoms with Crippen molar-refractivity contribution in [1.29, 1.82) is 0 Å². The molecule has 1 amide bonds. The van der Waals surface area contributed by atoms with Crippen LogP contribution < -0.4 is 15.4 Å². The van der Waals surface area contributed by atoms with Gasteiger partial charge in [0.05, 0.1) is 6.61 Å². The van der Waals surface area contributed by atoms with E-state index in [1.165, 1.54) is 0 Å². The number of aryl methyl sites for hydroxylation is 1. The van der Waals surface area contributed by atoms with E-state index in [0.29, 0.717) is 32.0 Å². The van der Waals surface area contributed by atoms with Crippen molar-refractivity contribution >= 4 is 29.9 Å². The summed E-state index contributed by atoms with van der Waals surface area (Å²) in [6.45, 7) is 8.13. The van der Waals surface area contributed by atoms with E-state index in [2.05, 4.69) is 17.6 Å². The van der Waals surface area contributed by atoms with Crippen molar-refractivity contribution < 1.29 is 9.53 Å². The first-order valence-corrected chi connectivity index (χ1v) is 7.79. The molecule has 2 N–H and O–H groups in total. The number of halogens is 2. The summed E-state index contributed by atoms with van der Waals surface area (Å²) in [7, 11) is 0. The lowest BCUT2D eigenvalue weighted by molar-refractivity contribution is -0.121. The summed E-state index contributed by atoms with van der Waals surface area (Å²) < 4.78 is 5.61. The minimum atomic E-state index is 0. The normalized spacial score (nSPS) is 11.5. The summed E-state index contributed by atoms with van der Waals surface area (Å²) in [4.78, 5) is 11.6. The molecule has 0 aromatic heterocycles. The first kappa shape index (κ1) is 21.0. The standard InChI is InChI=1S/C16H25ClN2O2.ClH/c1-4-18-13(3)11-19-16(20)6-5-9-21-14-7-8-15(17)12(2)10-14;/h7-8,10,13,18H,4-6,9,11H2,1-3H3,(H,19,20);1H/t13-;/m1./s1. The highest BCUT2D eigenvalue weighted by Crippen LogP contribution is 2.21. The second-order valence-corrected chi connectivity index (χ2v) is 5.53. The Kier molecular flexibility index (Phi) is 11.1. The Bertz CT molecular complexity index is 456. The number of hydrogen-bond donors (Lipinski definition) is 2. The van der Waals surface area contributed by atoms with Crippen molar-refractivity contribution in [3.05, 3.63) is 28.8 Å². The Balaban J connectivity index is 0.00000441. The molecule has 0 unspecified atom stereocenters. The molecular formula is C16H26Cl2N2O2. The van der Waals surface area contributed by atoms with Crippen molar-refractivity contribution in [3.63, 3.8) is 0 Å². The summed E-state index contributed by atoms with van der Waals surface area (Å²) in [5.74, 6) is 0.855. The van der Waals surface area contributed by atoms with Gasteiger partial charge in [0.15, 0.2) is 0 Å². The highest BCUT2D eigenvalue weighted by Gasteiger charge is 2.05. The van der Waals surface area contributed by atoms with E-state index in [4.69, 9.17) is 16.3 Å². The predicted octanol–water partition coefficient (Wildman–Crippen LogP) is 3.34. The average molecular weight is 349 g/mol. The van der Waals surface area contributed by atoms with Gasteiger partial charge < -0.3 is 15.4 Å². The van der Waals surface area contributed by atoms with Crippen molar-refractivity contribution in [2.24, 2.45) is 0 Å². The zero-order valence-electron chi connectivity index (χ0n) is 13.4. The molecule has 22 heavy (non-hydrogen) atoms. The number of nitrogens with one attached hydrogen (secondary N) is 2. The van der Waals surface area contributed by atoms with Crippen LogP contribution in [-0.2, 0) is 4.79 Å². The van der Waals surface area contributed by atoms with Crippen LogP contribution in [0.5, 0.6) is 5.75 Å². The van der Waals surface area contributed by atoms with Gasteiger partial charge >= 0.3 is 0 Å². The lowest BCUT2D eigenvalue weighted by atomic mass is 10.2. The molecule has 0 radical (unpaired) electrons. The van der Waals surface area contributed by atoms with Crippen LogP contribution >= 0.6 is 24.0 Å². The molecule has 0 bridgehead atoms. The number of ether oxygens (including phenoxy) is 1. The molecule has 1 rings (SSSR count). The fraction of sp³-hybridized carbons (Fsp3) is 0.562. The Labute approximate surface area is 144 Å². The van der Waals surface area contributed by atoms with Gasteiger partial charge in [0, 0.05) is 24.0 Å². The summed E-state index contributed by atoms with van der Waals surface area (Å²) in [5.41, 5.74) is 0.990. The number of benzene rings is 1. The van der Waals surface area contributed by atoms with Gasteiger partial charge in [-0.05, 0) is 50.6 Å². The molecule has 0 aliphatic heterocycles. The molecule has 0 fully saturated rings. The summed E-state index contributed by atoms with van der Waals surface area (Å²) >= 11 is 5.95. The molecule has 0 heterocycles. The number of hydrogen-bond acceptors (Lipinski definition) is 3. The molecule has 126 valence electrons. The van der Waals surface area contributed by atoms with E-state index in [0.717, 1.165) is 22.9 Å². The van der Waals surface area contributed by atoms with Crippen molar-refractivity contribution in [3.8, 4) is 5.75 Å². The van der Waals surface area contributed by atoms with Gasteiger partial charge in [0.1, 0.15) is 5.75 Å². The van der Waals surface area contributed by atoms with Gasteiger partial charge in [-0.1, -0.05) is 18.5 Å².